The molecule has 3 heteroatoms. The van der Waals surface area contributed by atoms with Crippen molar-refractivity contribution in [1.82, 2.24) is 10.3 Å². The topological polar surface area (TPSA) is 24.9 Å². The van der Waals surface area contributed by atoms with Gasteiger partial charge < -0.3 is 5.32 Å². The molecular formula is C12H15BrN2. The number of rotatable bonds is 5. The molecule has 1 heterocycles. The Labute approximate surface area is 99.6 Å². The van der Waals surface area contributed by atoms with Crippen LogP contribution in [0.1, 0.15) is 31.5 Å². The molecule has 0 aromatic carbocycles. The van der Waals surface area contributed by atoms with Crippen molar-refractivity contribution in [2.75, 3.05) is 6.54 Å². The first-order valence-corrected chi connectivity index (χ1v) is 5.85. The number of halogens is 1. The highest BCUT2D eigenvalue weighted by molar-refractivity contribution is 9.10. The maximum absolute atomic E-state index is 5.34. The molecule has 0 spiro atoms. The fourth-order valence-corrected chi connectivity index (χ4v) is 1.55. The lowest BCUT2D eigenvalue weighted by molar-refractivity contribution is 0.531. The van der Waals surface area contributed by atoms with Gasteiger partial charge in [0.25, 0.3) is 0 Å². The van der Waals surface area contributed by atoms with Crippen LogP contribution in [0.3, 0.4) is 0 Å². The molecule has 15 heavy (non-hydrogen) atoms. The Morgan fingerprint density at radius 2 is 2.40 bits per heavy atom. The molecule has 0 bridgehead atoms. The molecule has 0 fully saturated rings. The minimum Gasteiger partial charge on any atom is -0.308 e. The number of aromatic nitrogens is 1. The first kappa shape index (κ1) is 12.2. The Kier molecular flexibility index (Phi) is 5.38. The lowest BCUT2D eigenvalue weighted by Crippen LogP contribution is -2.22. The van der Waals surface area contributed by atoms with Crippen LogP contribution in [0.2, 0.25) is 0 Å². The first-order valence-electron chi connectivity index (χ1n) is 5.06. The van der Waals surface area contributed by atoms with E-state index in [2.05, 4.69) is 39.1 Å². The second-order valence-electron chi connectivity index (χ2n) is 3.32. The Morgan fingerprint density at radius 3 is 2.93 bits per heavy atom. The molecule has 1 aromatic heterocycles. The second kappa shape index (κ2) is 6.60. The lowest BCUT2D eigenvalue weighted by atomic mass is 10.1. The van der Waals surface area contributed by atoms with E-state index in [0.717, 1.165) is 23.1 Å². The van der Waals surface area contributed by atoms with Crippen molar-refractivity contribution in [3.05, 3.63) is 28.5 Å². The van der Waals surface area contributed by atoms with Crippen molar-refractivity contribution in [2.24, 2.45) is 0 Å². The summed E-state index contributed by atoms with van der Waals surface area (Å²) in [6, 6.07) is 4.15. The second-order valence-corrected chi connectivity index (χ2v) is 4.23. The summed E-state index contributed by atoms with van der Waals surface area (Å²) in [7, 11) is 0. The van der Waals surface area contributed by atoms with Crippen LogP contribution >= 0.6 is 15.9 Å². The van der Waals surface area contributed by atoms with Gasteiger partial charge in [-0.25, -0.2) is 0 Å². The van der Waals surface area contributed by atoms with Crippen molar-refractivity contribution in [3.63, 3.8) is 0 Å². The Balaban J connectivity index is 2.70. The zero-order valence-electron chi connectivity index (χ0n) is 8.83. The van der Waals surface area contributed by atoms with E-state index in [1.54, 1.807) is 6.20 Å². The molecule has 0 aliphatic heterocycles. The molecule has 2 nitrogen and oxygen atoms in total. The van der Waals surface area contributed by atoms with Gasteiger partial charge in [-0.15, -0.1) is 12.3 Å². The number of hydrogen-bond acceptors (Lipinski definition) is 2. The summed E-state index contributed by atoms with van der Waals surface area (Å²) in [6.45, 7) is 3.10. The van der Waals surface area contributed by atoms with Crippen molar-refractivity contribution in [3.8, 4) is 12.3 Å². The van der Waals surface area contributed by atoms with Gasteiger partial charge in [-0.05, 0) is 41.0 Å². The number of nitrogens with zero attached hydrogens (tertiary/aromatic N) is 1. The third-order valence-corrected chi connectivity index (χ3v) is 2.54. The quantitative estimate of drug-likeness (QED) is 0.830. The van der Waals surface area contributed by atoms with E-state index in [9.17, 15) is 0 Å². The summed E-state index contributed by atoms with van der Waals surface area (Å²) in [4.78, 5) is 4.35. The fraction of sp³-hybridized carbons (Fsp3) is 0.417. The minimum atomic E-state index is 0.169. The molecule has 1 N–H and O–H groups in total. The van der Waals surface area contributed by atoms with Gasteiger partial charge in [0.1, 0.15) is 0 Å². The zero-order chi connectivity index (χ0) is 11.1. The maximum Gasteiger partial charge on any atom is 0.0605 e. The highest BCUT2D eigenvalue weighted by Gasteiger charge is 2.09. The lowest BCUT2D eigenvalue weighted by Gasteiger charge is -2.15. The summed E-state index contributed by atoms with van der Waals surface area (Å²) < 4.78 is 0.987. The van der Waals surface area contributed by atoms with Crippen molar-refractivity contribution >= 4 is 15.9 Å². The Bertz CT molecular complexity index is 326. The molecule has 0 saturated carbocycles. The van der Waals surface area contributed by atoms with Gasteiger partial charge >= 0.3 is 0 Å². The first-order chi connectivity index (χ1) is 7.27. The van der Waals surface area contributed by atoms with Gasteiger partial charge in [0.15, 0.2) is 0 Å². The minimum absolute atomic E-state index is 0.169. The van der Waals surface area contributed by atoms with E-state index in [4.69, 9.17) is 6.42 Å². The predicted molar refractivity (Wildman–Crippen MR) is 66.4 cm³/mol. The number of hydrogen-bond donors (Lipinski definition) is 1. The molecule has 0 amide bonds. The smallest absolute Gasteiger partial charge is 0.0605 e. The Morgan fingerprint density at radius 1 is 1.60 bits per heavy atom. The van der Waals surface area contributed by atoms with Crippen LogP contribution in [0, 0.1) is 12.3 Å². The highest BCUT2D eigenvalue weighted by Crippen LogP contribution is 2.16. The monoisotopic (exact) mass is 266 g/mol. The van der Waals surface area contributed by atoms with Crippen molar-refractivity contribution < 1.29 is 0 Å². The predicted octanol–water partition coefficient (Wildman–Crippen LogP) is 2.91. The van der Waals surface area contributed by atoms with Gasteiger partial charge in [-0.2, -0.15) is 0 Å². The zero-order valence-corrected chi connectivity index (χ0v) is 10.4. The molecule has 0 aliphatic rings. The number of pyridine rings is 1. The van der Waals surface area contributed by atoms with Crippen LogP contribution in [0.25, 0.3) is 0 Å². The van der Waals surface area contributed by atoms with E-state index in [0.29, 0.717) is 6.42 Å². The average molecular weight is 267 g/mol. The molecule has 1 atom stereocenters. The van der Waals surface area contributed by atoms with Gasteiger partial charge in [0.2, 0.25) is 0 Å². The molecule has 1 rings (SSSR count). The average Bonchev–Trinajstić information content (AvgIpc) is 2.25. The van der Waals surface area contributed by atoms with E-state index < -0.39 is 0 Å². The molecule has 0 saturated heterocycles. The van der Waals surface area contributed by atoms with Crippen LogP contribution in [-0.2, 0) is 0 Å². The van der Waals surface area contributed by atoms with E-state index in [-0.39, 0.29) is 6.04 Å². The van der Waals surface area contributed by atoms with Crippen molar-refractivity contribution in [1.29, 1.82) is 0 Å². The Hall–Kier alpha value is -0.850. The largest absolute Gasteiger partial charge is 0.308 e. The number of nitrogens with one attached hydrogen (secondary N) is 1. The molecule has 1 aromatic rings. The van der Waals surface area contributed by atoms with E-state index in [1.807, 2.05) is 12.1 Å². The summed E-state index contributed by atoms with van der Waals surface area (Å²) in [5, 5.41) is 3.39. The molecule has 0 aliphatic carbocycles. The molecule has 1 unspecified atom stereocenters. The summed E-state index contributed by atoms with van der Waals surface area (Å²) in [6.07, 6.45) is 8.91. The van der Waals surface area contributed by atoms with Crippen LogP contribution in [0.15, 0.2) is 22.8 Å². The van der Waals surface area contributed by atoms with Crippen LogP contribution in [0.4, 0.5) is 0 Å². The van der Waals surface area contributed by atoms with Crippen LogP contribution in [0.5, 0.6) is 0 Å². The summed E-state index contributed by atoms with van der Waals surface area (Å²) in [5.41, 5.74) is 1.00. The van der Waals surface area contributed by atoms with E-state index in [1.165, 1.54) is 0 Å². The molecule has 0 radical (unpaired) electrons. The third kappa shape index (κ3) is 4.03. The third-order valence-electron chi connectivity index (χ3n) is 2.07. The molecule has 80 valence electrons. The SMILES string of the molecule is C#CCC(NCCC)c1ccc(Br)cn1. The molecular weight excluding hydrogens is 252 g/mol. The maximum atomic E-state index is 5.34. The van der Waals surface area contributed by atoms with Crippen LogP contribution < -0.4 is 5.32 Å². The van der Waals surface area contributed by atoms with Gasteiger partial charge in [-0.3, -0.25) is 4.98 Å². The standard InChI is InChI=1S/C12H15BrN2/c1-3-5-11(14-8-4-2)12-7-6-10(13)9-15-12/h1,6-7,9,11,14H,4-5,8H2,2H3. The van der Waals surface area contributed by atoms with Crippen molar-refractivity contribution in [2.45, 2.75) is 25.8 Å². The summed E-state index contributed by atoms with van der Waals surface area (Å²) in [5.74, 6) is 2.68. The fourth-order valence-electron chi connectivity index (χ4n) is 1.31. The van der Waals surface area contributed by atoms with Gasteiger partial charge in [0, 0.05) is 17.1 Å². The highest BCUT2D eigenvalue weighted by atomic mass is 79.9. The van der Waals surface area contributed by atoms with Gasteiger partial charge in [0.05, 0.1) is 11.7 Å². The summed E-state index contributed by atoms with van der Waals surface area (Å²) >= 11 is 3.36. The normalized spacial score (nSPS) is 12.1. The number of terminal acetylenes is 1. The van der Waals surface area contributed by atoms with Crippen LogP contribution in [-0.4, -0.2) is 11.5 Å². The van der Waals surface area contributed by atoms with E-state index >= 15 is 0 Å². The van der Waals surface area contributed by atoms with Gasteiger partial charge in [-0.1, -0.05) is 6.92 Å².